The first-order chi connectivity index (χ1) is 7.89. The number of carbonyl (C=O) groups is 1. The molecule has 0 spiro atoms. The van der Waals surface area contributed by atoms with Gasteiger partial charge in [0.25, 0.3) is 0 Å². The van der Waals surface area contributed by atoms with Crippen molar-refractivity contribution in [2.45, 2.75) is 20.4 Å². The van der Waals surface area contributed by atoms with E-state index in [1.165, 1.54) is 6.33 Å². The van der Waals surface area contributed by atoms with E-state index < -0.39 is 5.41 Å². The Morgan fingerprint density at radius 3 is 2.82 bits per heavy atom. The number of nitrogens with one attached hydrogen (secondary N) is 1. The minimum atomic E-state index is -1.08. The predicted octanol–water partition coefficient (Wildman–Crippen LogP) is -0.796. The Morgan fingerprint density at radius 2 is 2.35 bits per heavy atom. The number of nitrogens with two attached hydrogens (primary N) is 1. The SMILES string of the molecule is Cn1cnnc1CNC(=O)C(C)(C)/C(N)=N/O. The number of carbonyl (C=O) groups excluding carboxylic acids is 1. The summed E-state index contributed by atoms with van der Waals surface area (Å²) in [7, 11) is 1.77. The maximum absolute atomic E-state index is 11.8. The Labute approximate surface area is 98.5 Å². The van der Waals surface area contributed by atoms with Gasteiger partial charge < -0.3 is 20.8 Å². The van der Waals surface area contributed by atoms with Gasteiger partial charge in [-0.1, -0.05) is 5.16 Å². The van der Waals surface area contributed by atoms with Crippen LogP contribution in [0, 0.1) is 5.41 Å². The second-order valence-corrected chi connectivity index (χ2v) is 4.15. The second-order valence-electron chi connectivity index (χ2n) is 4.15. The largest absolute Gasteiger partial charge is 0.409 e. The number of aryl methyl sites for hydroxylation is 1. The van der Waals surface area contributed by atoms with Crippen molar-refractivity contribution < 1.29 is 10.0 Å². The normalized spacial score (nSPS) is 12.5. The number of oxime groups is 1. The molecule has 1 aromatic heterocycles. The Hall–Kier alpha value is -2.12. The molecule has 4 N–H and O–H groups in total. The van der Waals surface area contributed by atoms with Crippen LogP contribution in [0.4, 0.5) is 0 Å². The Morgan fingerprint density at radius 1 is 1.71 bits per heavy atom. The highest BCUT2D eigenvalue weighted by atomic mass is 16.4. The summed E-state index contributed by atoms with van der Waals surface area (Å²) < 4.78 is 1.69. The van der Waals surface area contributed by atoms with Crippen molar-refractivity contribution in [1.82, 2.24) is 20.1 Å². The number of hydrogen-bond donors (Lipinski definition) is 3. The fourth-order valence-corrected chi connectivity index (χ4v) is 1.09. The maximum atomic E-state index is 11.8. The van der Waals surface area contributed by atoms with Gasteiger partial charge in [0.05, 0.1) is 6.54 Å². The molecule has 8 nitrogen and oxygen atoms in total. The fourth-order valence-electron chi connectivity index (χ4n) is 1.09. The molecule has 0 aliphatic rings. The minimum Gasteiger partial charge on any atom is -0.409 e. The van der Waals surface area contributed by atoms with Gasteiger partial charge in [-0.2, -0.15) is 0 Å². The summed E-state index contributed by atoms with van der Waals surface area (Å²) in [5.74, 6) is 0.123. The standard InChI is InChI=1S/C9H16N6O2/c1-9(2,7(10)14-17)8(16)11-4-6-13-12-5-15(6)3/h5,17H,4H2,1-3H3,(H2,10,14)(H,11,16). The molecule has 94 valence electrons. The summed E-state index contributed by atoms with van der Waals surface area (Å²) >= 11 is 0. The smallest absolute Gasteiger partial charge is 0.233 e. The van der Waals surface area contributed by atoms with Crippen LogP contribution in [0.3, 0.4) is 0 Å². The molecule has 0 aliphatic heterocycles. The molecule has 0 radical (unpaired) electrons. The van der Waals surface area contributed by atoms with E-state index in [4.69, 9.17) is 10.9 Å². The minimum absolute atomic E-state index is 0.145. The molecule has 0 aliphatic carbocycles. The number of hydrogen-bond acceptors (Lipinski definition) is 5. The quantitative estimate of drug-likeness (QED) is 0.275. The van der Waals surface area contributed by atoms with Gasteiger partial charge in [-0.15, -0.1) is 10.2 Å². The molecule has 0 atom stereocenters. The van der Waals surface area contributed by atoms with E-state index >= 15 is 0 Å². The lowest BCUT2D eigenvalue weighted by Crippen LogP contribution is -2.45. The van der Waals surface area contributed by atoms with Crippen LogP contribution < -0.4 is 11.1 Å². The van der Waals surface area contributed by atoms with E-state index in [2.05, 4.69) is 20.7 Å². The van der Waals surface area contributed by atoms with Crippen molar-refractivity contribution in [1.29, 1.82) is 0 Å². The van der Waals surface area contributed by atoms with Crippen LogP contribution in [-0.2, 0) is 18.4 Å². The number of amidine groups is 1. The highest BCUT2D eigenvalue weighted by molar-refractivity contribution is 6.05. The number of aromatic nitrogens is 3. The molecule has 17 heavy (non-hydrogen) atoms. The first-order valence-corrected chi connectivity index (χ1v) is 4.98. The summed E-state index contributed by atoms with van der Waals surface area (Å²) in [5.41, 5.74) is 4.36. The topological polar surface area (TPSA) is 118 Å². The molecule has 1 heterocycles. The molecule has 0 fully saturated rings. The number of amides is 1. The summed E-state index contributed by atoms with van der Waals surface area (Å²) in [4.78, 5) is 11.8. The van der Waals surface area contributed by atoms with Gasteiger partial charge in [0.1, 0.15) is 11.7 Å². The molecule has 8 heteroatoms. The summed E-state index contributed by atoms with van der Waals surface area (Å²) in [6.45, 7) is 3.36. The van der Waals surface area contributed by atoms with E-state index in [9.17, 15) is 4.79 Å². The zero-order valence-electron chi connectivity index (χ0n) is 10.0. The van der Waals surface area contributed by atoms with Crippen LogP contribution >= 0.6 is 0 Å². The third-order valence-corrected chi connectivity index (χ3v) is 2.53. The van der Waals surface area contributed by atoms with E-state index in [0.717, 1.165) is 0 Å². The van der Waals surface area contributed by atoms with Crippen molar-refractivity contribution in [3.8, 4) is 0 Å². The molecular weight excluding hydrogens is 224 g/mol. The molecular formula is C9H16N6O2. The molecule has 1 amide bonds. The lowest BCUT2D eigenvalue weighted by atomic mass is 9.91. The molecule has 1 aromatic rings. The zero-order valence-corrected chi connectivity index (χ0v) is 10.0. The van der Waals surface area contributed by atoms with Gasteiger partial charge in [0.2, 0.25) is 5.91 Å². The van der Waals surface area contributed by atoms with Crippen LogP contribution in [0.1, 0.15) is 19.7 Å². The zero-order chi connectivity index (χ0) is 13.1. The third-order valence-electron chi connectivity index (χ3n) is 2.53. The Kier molecular flexibility index (Phi) is 3.66. The van der Waals surface area contributed by atoms with Crippen molar-refractivity contribution in [2.24, 2.45) is 23.4 Å². The van der Waals surface area contributed by atoms with Gasteiger partial charge in [-0.3, -0.25) is 4.79 Å². The van der Waals surface area contributed by atoms with Gasteiger partial charge in [0, 0.05) is 7.05 Å². The van der Waals surface area contributed by atoms with Crippen LogP contribution in [-0.4, -0.2) is 31.7 Å². The van der Waals surface area contributed by atoms with Gasteiger partial charge in [-0.05, 0) is 13.8 Å². The van der Waals surface area contributed by atoms with E-state index in [1.807, 2.05) is 0 Å². The summed E-state index contributed by atoms with van der Waals surface area (Å²) in [6.07, 6.45) is 1.54. The molecule has 0 aromatic carbocycles. The molecule has 0 saturated heterocycles. The van der Waals surface area contributed by atoms with Crippen LogP contribution in [0.5, 0.6) is 0 Å². The Bertz CT molecular complexity index is 436. The molecule has 1 rings (SSSR count). The van der Waals surface area contributed by atoms with Crippen LogP contribution in [0.25, 0.3) is 0 Å². The van der Waals surface area contributed by atoms with Crippen molar-refractivity contribution in [3.63, 3.8) is 0 Å². The monoisotopic (exact) mass is 240 g/mol. The van der Waals surface area contributed by atoms with E-state index in [0.29, 0.717) is 5.82 Å². The first-order valence-electron chi connectivity index (χ1n) is 4.98. The van der Waals surface area contributed by atoms with Gasteiger partial charge in [-0.25, -0.2) is 0 Å². The van der Waals surface area contributed by atoms with Crippen LogP contribution in [0.15, 0.2) is 11.5 Å². The lowest BCUT2D eigenvalue weighted by Gasteiger charge is -2.21. The number of nitrogens with zero attached hydrogens (tertiary/aromatic N) is 4. The fraction of sp³-hybridized carbons (Fsp3) is 0.556. The molecule has 0 bridgehead atoms. The number of rotatable bonds is 4. The highest BCUT2D eigenvalue weighted by Gasteiger charge is 2.32. The highest BCUT2D eigenvalue weighted by Crippen LogP contribution is 2.15. The van der Waals surface area contributed by atoms with Gasteiger partial charge >= 0.3 is 0 Å². The van der Waals surface area contributed by atoms with Gasteiger partial charge in [0.15, 0.2) is 11.7 Å². The lowest BCUT2D eigenvalue weighted by molar-refractivity contribution is -0.126. The first kappa shape index (κ1) is 12.9. The maximum Gasteiger partial charge on any atom is 0.233 e. The Balaban J connectivity index is 2.65. The van der Waals surface area contributed by atoms with E-state index in [-0.39, 0.29) is 18.3 Å². The van der Waals surface area contributed by atoms with Crippen molar-refractivity contribution in [3.05, 3.63) is 12.2 Å². The summed E-state index contributed by atoms with van der Waals surface area (Å²) in [5, 5.41) is 21.6. The molecule has 0 saturated carbocycles. The molecule has 0 unspecified atom stereocenters. The third kappa shape index (κ3) is 2.71. The average Bonchev–Trinajstić information content (AvgIpc) is 2.70. The van der Waals surface area contributed by atoms with Crippen molar-refractivity contribution >= 4 is 11.7 Å². The predicted molar refractivity (Wildman–Crippen MR) is 60.0 cm³/mol. The van der Waals surface area contributed by atoms with E-state index in [1.54, 1.807) is 25.5 Å². The second kappa shape index (κ2) is 4.81. The van der Waals surface area contributed by atoms with Crippen LogP contribution in [0.2, 0.25) is 0 Å². The van der Waals surface area contributed by atoms with Crippen molar-refractivity contribution in [2.75, 3.05) is 0 Å². The summed E-state index contributed by atoms with van der Waals surface area (Å²) in [6, 6.07) is 0. The average molecular weight is 240 g/mol.